The Bertz CT molecular complexity index is 500. The molecule has 0 radical (unpaired) electrons. The molecule has 0 atom stereocenters. The monoisotopic (exact) mass is 235 g/mol. The van der Waals surface area contributed by atoms with Crippen LogP contribution in [0.1, 0.15) is 19.3 Å². The molecule has 1 aliphatic rings. The van der Waals surface area contributed by atoms with E-state index in [1.54, 1.807) is 0 Å². The Balaban J connectivity index is 2.05. The fourth-order valence-corrected chi connectivity index (χ4v) is 2.44. The number of aromatic nitrogens is 2. The lowest BCUT2D eigenvalue weighted by Gasteiger charge is -2.28. The van der Waals surface area contributed by atoms with Crippen LogP contribution in [0.15, 0.2) is 24.4 Å². The highest BCUT2D eigenvalue weighted by molar-refractivity contribution is 6.31. The molecule has 0 spiro atoms. The normalized spacial score (nSPS) is 16.9. The number of nitrogens with zero attached hydrogens (tertiary/aromatic N) is 3. The zero-order chi connectivity index (χ0) is 11.0. The van der Waals surface area contributed by atoms with Crippen LogP contribution in [0, 0.1) is 0 Å². The van der Waals surface area contributed by atoms with Crippen LogP contribution in [-0.4, -0.2) is 23.0 Å². The third-order valence-electron chi connectivity index (χ3n) is 3.11. The first kappa shape index (κ1) is 9.97. The van der Waals surface area contributed by atoms with E-state index in [4.69, 9.17) is 11.6 Å². The standard InChI is InChI=1S/C12H14ClN3/c13-11-5-4-10-9-14-16(12(10)8-11)15-6-2-1-3-7-15/h4-5,8-9H,1-3,6-7H2. The molecule has 3 rings (SSSR count). The lowest BCUT2D eigenvalue weighted by Crippen LogP contribution is -2.39. The Labute approximate surface area is 99.6 Å². The highest BCUT2D eigenvalue weighted by Gasteiger charge is 2.13. The first-order valence-electron chi connectivity index (χ1n) is 5.73. The number of hydrogen-bond donors (Lipinski definition) is 0. The molecule has 2 aromatic rings. The largest absolute Gasteiger partial charge is 0.296 e. The van der Waals surface area contributed by atoms with Crippen LogP contribution in [0.25, 0.3) is 10.9 Å². The van der Waals surface area contributed by atoms with E-state index in [9.17, 15) is 0 Å². The van der Waals surface area contributed by atoms with Gasteiger partial charge in [-0.15, -0.1) is 0 Å². The summed E-state index contributed by atoms with van der Waals surface area (Å²) in [4.78, 5) is 2.00. The van der Waals surface area contributed by atoms with Gasteiger partial charge in [-0.05, 0) is 37.5 Å². The molecule has 0 amide bonds. The summed E-state index contributed by atoms with van der Waals surface area (Å²) in [6.45, 7) is 2.17. The number of benzene rings is 1. The maximum absolute atomic E-state index is 6.03. The van der Waals surface area contributed by atoms with Crippen molar-refractivity contribution in [1.82, 2.24) is 9.89 Å². The summed E-state index contributed by atoms with van der Waals surface area (Å²) in [5, 5.41) is 8.66. The number of hydrogen-bond acceptors (Lipinski definition) is 2. The predicted molar refractivity (Wildman–Crippen MR) is 66.5 cm³/mol. The molecule has 4 heteroatoms. The molecule has 2 heterocycles. The van der Waals surface area contributed by atoms with Gasteiger partial charge in [0.2, 0.25) is 0 Å². The molecule has 1 aromatic carbocycles. The maximum atomic E-state index is 6.03. The average Bonchev–Trinajstić information content (AvgIpc) is 2.73. The van der Waals surface area contributed by atoms with Crippen molar-refractivity contribution in [2.24, 2.45) is 0 Å². The molecule has 1 aromatic heterocycles. The second-order valence-corrected chi connectivity index (χ2v) is 4.69. The second-order valence-electron chi connectivity index (χ2n) is 4.25. The third-order valence-corrected chi connectivity index (χ3v) is 3.35. The van der Waals surface area contributed by atoms with Crippen molar-refractivity contribution in [1.29, 1.82) is 0 Å². The second kappa shape index (κ2) is 3.98. The minimum Gasteiger partial charge on any atom is -0.296 e. The number of rotatable bonds is 1. The van der Waals surface area contributed by atoms with Crippen LogP contribution in [0.4, 0.5) is 0 Å². The van der Waals surface area contributed by atoms with Gasteiger partial charge in [-0.2, -0.15) is 9.89 Å². The van der Waals surface area contributed by atoms with E-state index in [-0.39, 0.29) is 0 Å². The Morgan fingerprint density at radius 3 is 2.75 bits per heavy atom. The topological polar surface area (TPSA) is 21.1 Å². The van der Waals surface area contributed by atoms with E-state index < -0.39 is 0 Å². The van der Waals surface area contributed by atoms with Crippen LogP contribution in [-0.2, 0) is 0 Å². The van der Waals surface area contributed by atoms with Crippen molar-refractivity contribution in [2.75, 3.05) is 18.1 Å². The molecule has 1 fully saturated rings. The van der Waals surface area contributed by atoms with Gasteiger partial charge in [-0.1, -0.05) is 11.6 Å². The summed E-state index contributed by atoms with van der Waals surface area (Å²) >= 11 is 6.03. The van der Waals surface area contributed by atoms with Gasteiger partial charge in [0.25, 0.3) is 0 Å². The Kier molecular flexibility index (Phi) is 2.48. The van der Waals surface area contributed by atoms with Gasteiger partial charge in [0.15, 0.2) is 0 Å². The quantitative estimate of drug-likeness (QED) is 0.758. The van der Waals surface area contributed by atoms with Gasteiger partial charge in [0.05, 0.1) is 11.7 Å². The van der Waals surface area contributed by atoms with Crippen molar-refractivity contribution >= 4 is 22.5 Å². The van der Waals surface area contributed by atoms with Gasteiger partial charge >= 0.3 is 0 Å². The molecule has 0 saturated carbocycles. The molecule has 0 unspecified atom stereocenters. The van der Waals surface area contributed by atoms with E-state index in [0.29, 0.717) is 0 Å². The van der Waals surface area contributed by atoms with Crippen LogP contribution in [0.2, 0.25) is 5.02 Å². The summed E-state index contributed by atoms with van der Waals surface area (Å²) in [5.74, 6) is 0. The van der Waals surface area contributed by atoms with Crippen molar-refractivity contribution in [3.05, 3.63) is 29.4 Å². The SMILES string of the molecule is Clc1ccc2cnn(N3CCCCC3)c2c1. The average molecular weight is 236 g/mol. The highest BCUT2D eigenvalue weighted by Crippen LogP contribution is 2.20. The van der Waals surface area contributed by atoms with E-state index in [1.807, 2.05) is 29.2 Å². The molecule has 0 bridgehead atoms. The zero-order valence-corrected chi connectivity index (χ0v) is 9.82. The van der Waals surface area contributed by atoms with Gasteiger partial charge in [-0.25, -0.2) is 0 Å². The molecule has 0 N–H and O–H groups in total. The lowest BCUT2D eigenvalue weighted by molar-refractivity contribution is 0.458. The smallest absolute Gasteiger partial charge is 0.0935 e. The summed E-state index contributed by atoms with van der Waals surface area (Å²) in [5.41, 5.74) is 1.11. The molecule has 16 heavy (non-hydrogen) atoms. The number of piperidine rings is 1. The van der Waals surface area contributed by atoms with E-state index in [0.717, 1.165) is 29.0 Å². The lowest BCUT2D eigenvalue weighted by atomic mass is 10.2. The minimum atomic E-state index is 0.770. The molecule has 0 aliphatic carbocycles. The van der Waals surface area contributed by atoms with Gasteiger partial charge in [-0.3, -0.25) is 5.01 Å². The highest BCUT2D eigenvalue weighted by atomic mass is 35.5. The van der Waals surface area contributed by atoms with Gasteiger partial charge in [0, 0.05) is 23.5 Å². The molecule has 1 saturated heterocycles. The van der Waals surface area contributed by atoms with Crippen LogP contribution < -0.4 is 5.01 Å². The van der Waals surface area contributed by atoms with Crippen LogP contribution in [0.5, 0.6) is 0 Å². The Morgan fingerprint density at radius 2 is 1.94 bits per heavy atom. The van der Waals surface area contributed by atoms with Crippen molar-refractivity contribution in [3.63, 3.8) is 0 Å². The van der Waals surface area contributed by atoms with E-state index in [1.165, 1.54) is 19.3 Å². The Hall–Kier alpha value is -1.22. The third kappa shape index (κ3) is 1.65. The molecule has 84 valence electrons. The van der Waals surface area contributed by atoms with E-state index >= 15 is 0 Å². The van der Waals surface area contributed by atoms with Crippen molar-refractivity contribution in [2.45, 2.75) is 19.3 Å². The predicted octanol–water partition coefficient (Wildman–Crippen LogP) is 2.81. The zero-order valence-electron chi connectivity index (χ0n) is 9.06. The van der Waals surface area contributed by atoms with Gasteiger partial charge < -0.3 is 0 Å². The molecule has 3 nitrogen and oxygen atoms in total. The van der Waals surface area contributed by atoms with E-state index in [2.05, 4.69) is 10.1 Å². The van der Waals surface area contributed by atoms with Crippen molar-refractivity contribution in [3.8, 4) is 0 Å². The number of fused-ring (bicyclic) bond motifs is 1. The van der Waals surface area contributed by atoms with Crippen LogP contribution >= 0.6 is 11.6 Å². The van der Waals surface area contributed by atoms with Gasteiger partial charge in [0.1, 0.15) is 0 Å². The van der Waals surface area contributed by atoms with Crippen molar-refractivity contribution < 1.29 is 0 Å². The van der Waals surface area contributed by atoms with Crippen LogP contribution in [0.3, 0.4) is 0 Å². The summed E-state index contributed by atoms with van der Waals surface area (Å²) in [6.07, 6.45) is 5.74. The Morgan fingerprint density at radius 1 is 1.12 bits per heavy atom. The fourth-order valence-electron chi connectivity index (χ4n) is 2.27. The molecule has 1 aliphatic heterocycles. The summed E-state index contributed by atoms with van der Waals surface area (Å²) in [7, 11) is 0. The first-order valence-corrected chi connectivity index (χ1v) is 6.11. The maximum Gasteiger partial charge on any atom is 0.0935 e. The minimum absolute atomic E-state index is 0.770. The molecular formula is C12H14ClN3. The summed E-state index contributed by atoms with van der Waals surface area (Å²) in [6, 6.07) is 5.91. The summed E-state index contributed by atoms with van der Waals surface area (Å²) < 4.78 is 0. The first-order chi connectivity index (χ1) is 7.84. The fraction of sp³-hybridized carbons (Fsp3) is 0.417. The molecular weight excluding hydrogens is 222 g/mol. The number of halogens is 1.